The zero-order valence-corrected chi connectivity index (χ0v) is 14.7. The van der Waals surface area contributed by atoms with Crippen molar-refractivity contribution in [3.63, 3.8) is 0 Å². The average molecular weight is 331 g/mol. The third kappa shape index (κ3) is 5.36. The van der Waals surface area contributed by atoms with Gasteiger partial charge in [-0.1, -0.05) is 20.3 Å². The predicted octanol–water partition coefficient (Wildman–Crippen LogP) is 3.10. The Bertz CT molecular complexity index is 550. The first-order valence-corrected chi connectivity index (χ1v) is 10.1. The summed E-state index contributed by atoms with van der Waals surface area (Å²) in [6, 6.07) is 2.40. The molecule has 1 saturated carbocycles. The van der Waals surface area contributed by atoms with Crippen LogP contribution < -0.4 is 10.0 Å². The van der Waals surface area contributed by atoms with E-state index in [1.165, 1.54) is 24.2 Å². The van der Waals surface area contributed by atoms with Gasteiger partial charge in [0.05, 0.1) is 0 Å². The quantitative estimate of drug-likeness (QED) is 0.731. The molecule has 0 saturated heterocycles. The fourth-order valence-electron chi connectivity index (χ4n) is 2.28. The molecule has 1 aromatic rings. The van der Waals surface area contributed by atoms with E-state index in [0.717, 1.165) is 24.9 Å². The highest BCUT2D eigenvalue weighted by Gasteiger charge is 2.22. The average Bonchev–Trinajstić information content (AvgIpc) is 3.11. The Morgan fingerprint density at radius 2 is 2.10 bits per heavy atom. The molecule has 0 aliphatic heterocycles. The van der Waals surface area contributed by atoms with Gasteiger partial charge < -0.3 is 5.32 Å². The highest BCUT2D eigenvalue weighted by atomic mass is 32.2. The molecule has 1 heterocycles. The summed E-state index contributed by atoms with van der Waals surface area (Å²) in [5.74, 6) is 0.532. The maximum atomic E-state index is 12.4. The van der Waals surface area contributed by atoms with Gasteiger partial charge in [-0.15, -0.1) is 11.3 Å². The van der Waals surface area contributed by atoms with Crippen LogP contribution in [0.4, 0.5) is 0 Å². The van der Waals surface area contributed by atoms with Crippen LogP contribution in [0.5, 0.6) is 0 Å². The lowest BCUT2D eigenvalue weighted by atomic mass is 10.0. The van der Waals surface area contributed by atoms with Crippen molar-refractivity contribution >= 4 is 21.4 Å². The van der Waals surface area contributed by atoms with E-state index in [9.17, 15) is 8.42 Å². The van der Waals surface area contributed by atoms with E-state index in [-0.39, 0.29) is 6.04 Å². The highest BCUT2D eigenvalue weighted by molar-refractivity contribution is 7.91. The topological polar surface area (TPSA) is 58.2 Å². The van der Waals surface area contributed by atoms with E-state index >= 15 is 0 Å². The van der Waals surface area contributed by atoms with Crippen molar-refractivity contribution in [2.24, 2.45) is 5.92 Å². The Morgan fingerprint density at radius 1 is 1.38 bits per heavy atom. The summed E-state index contributed by atoms with van der Waals surface area (Å²) in [6.07, 6.45) is 4.42. The van der Waals surface area contributed by atoms with Gasteiger partial charge in [0.15, 0.2) is 0 Å². The van der Waals surface area contributed by atoms with E-state index in [1.807, 2.05) is 12.3 Å². The molecule has 0 spiro atoms. The molecule has 0 aromatic carbocycles. The van der Waals surface area contributed by atoms with E-state index in [1.54, 1.807) is 6.07 Å². The second-order valence-corrected chi connectivity index (χ2v) is 9.05. The minimum absolute atomic E-state index is 0.0277. The summed E-state index contributed by atoms with van der Waals surface area (Å²) in [4.78, 5) is 0. The predicted molar refractivity (Wildman–Crippen MR) is 88.0 cm³/mol. The summed E-state index contributed by atoms with van der Waals surface area (Å²) in [5.41, 5.74) is 1.06. The van der Waals surface area contributed by atoms with Gasteiger partial charge in [0, 0.05) is 18.6 Å². The van der Waals surface area contributed by atoms with Crippen molar-refractivity contribution in [1.82, 2.24) is 10.0 Å². The smallest absolute Gasteiger partial charge is 0.250 e. The largest absolute Gasteiger partial charge is 0.310 e. The van der Waals surface area contributed by atoms with Gasteiger partial charge in [-0.2, -0.15) is 0 Å². The highest BCUT2D eigenvalue weighted by Crippen LogP contribution is 2.23. The number of thiophene rings is 1. The van der Waals surface area contributed by atoms with Gasteiger partial charge in [0.25, 0.3) is 0 Å². The first-order chi connectivity index (χ1) is 9.90. The number of hydrogen-bond donors (Lipinski definition) is 2. The van der Waals surface area contributed by atoms with E-state index in [0.29, 0.717) is 16.2 Å². The van der Waals surface area contributed by atoms with Crippen LogP contribution in [0, 0.1) is 5.92 Å². The van der Waals surface area contributed by atoms with Crippen LogP contribution in [0.2, 0.25) is 0 Å². The SMILES string of the molecule is CCC(C)CC(C)NS(=O)(=O)c1cc(CNC2CC2)cs1. The van der Waals surface area contributed by atoms with Crippen LogP contribution in [-0.2, 0) is 16.6 Å². The molecule has 1 aromatic heterocycles. The molecular weight excluding hydrogens is 304 g/mol. The van der Waals surface area contributed by atoms with Crippen LogP contribution in [0.1, 0.15) is 52.0 Å². The summed E-state index contributed by atoms with van der Waals surface area (Å²) >= 11 is 1.30. The molecule has 0 amide bonds. The van der Waals surface area contributed by atoms with Gasteiger partial charge in [0.2, 0.25) is 10.0 Å². The number of nitrogens with one attached hydrogen (secondary N) is 2. The van der Waals surface area contributed by atoms with Gasteiger partial charge in [0.1, 0.15) is 4.21 Å². The Kier molecular flexibility index (Phi) is 5.82. The van der Waals surface area contributed by atoms with Crippen molar-refractivity contribution in [1.29, 1.82) is 0 Å². The maximum absolute atomic E-state index is 12.4. The zero-order valence-electron chi connectivity index (χ0n) is 13.1. The molecule has 1 fully saturated rings. The summed E-state index contributed by atoms with van der Waals surface area (Å²) in [7, 11) is -3.37. The summed E-state index contributed by atoms with van der Waals surface area (Å²) in [6.45, 7) is 6.98. The van der Waals surface area contributed by atoms with Crippen molar-refractivity contribution in [2.45, 2.75) is 69.3 Å². The minimum atomic E-state index is -3.37. The van der Waals surface area contributed by atoms with Gasteiger partial charge in [-0.25, -0.2) is 13.1 Å². The van der Waals surface area contributed by atoms with Crippen molar-refractivity contribution in [3.05, 3.63) is 17.0 Å². The summed E-state index contributed by atoms with van der Waals surface area (Å²) in [5, 5.41) is 5.34. The molecule has 120 valence electrons. The first kappa shape index (κ1) is 16.9. The molecule has 4 nitrogen and oxygen atoms in total. The van der Waals surface area contributed by atoms with Crippen LogP contribution in [-0.4, -0.2) is 20.5 Å². The Hall–Kier alpha value is -0.430. The number of rotatable bonds is 9. The van der Waals surface area contributed by atoms with E-state index in [4.69, 9.17) is 0 Å². The zero-order chi connectivity index (χ0) is 15.5. The summed E-state index contributed by atoms with van der Waals surface area (Å²) < 4.78 is 27.9. The van der Waals surface area contributed by atoms with E-state index < -0.39 is 10.0 Å². The maximum Gasteiger partial charge on any atom is 0.250 e. The van der Waals surface area contributed by atoms with Crippen LogP contribution >= 0.6 is 11.3 Å². The van der Waals surface area contributed by atoms with Crippen molar-refractivity contribution in [2.75, 3.05) is 0 Å². The van der Waals surface area contributed by atoms with Gasteiger partial charge in [-0.3, -0.25) is 0 Å². The number of hydrogen-bond acceptors (Lipinski definition) is 4. The van der Waals surface area contributed by atoms with Crippen molar-refractivity contribution < 1.29 is 8.42 Å². The lowest BCUT2D eigenvalue weighted by Crippen LogP contribution is -2.33. The fraction of sp³-hybridized carbons (Fsp3) is 0.733. The Balaban J connectivity index is 1.91. The monoisotopic (exact) mass is 330 g/mol. The molecule has 6 heteroatoms. The standard InChI is InChI=1S/C15H26N2O2S2/c1-4-11(2)7-12(3)17-21(18,19)15-8-13(10-20-15)9-16-14-5-6-14/h8,10-12,14,16-17H,4-7,9H2,1-3H3. The minimum Gasteiger partial charge on any atom is -0.310 e. The van der Waals surface area contributed by atoms with Gasteiger partial charge >= 0.3 is 0 Å². The molecule has 0 bridgehead atoms. The lowest BCUT2D eigenvalue weighted by Gasteiger charge is -2.16. The second-order valence-electron chi connectivity index (χ2n) is 6.20. The molecular formula is C15H26N2O2S2. The molecule has 2 unspecified atom stereocenters. The molecule has 0 radical (unpaired) electrons. The second kappa shape index (κ2) is 7.22. The Labute approximate surface area is 132 Å². The van der Waals surface area contributed by atoms with Gasteiger partial charge in [-0.05, 0) is 49.1 Å². The van der Waals surface area contributed by atoms with E-state index in [2.05, 4.69) is 23.9 Å². The fourth-order valence-corrected chi connectivity index (χ4v) is 4.76. The third-order valence-electron chi connectivity index (χ3n) is 3.88. The lowest BCUT2D eigenvalue weighted by molar-refractivity contribution is 0.446. The molecule has 1 aliphatic carbocycles. The number of sulfonamides is 1. The normalized spacial score (nSPS) is 18.6. The van der Waals surface area contributed by atoms with Crippen molar-refractivity contribution in [3.8, 4) is 0 Å². The van der Waals surface area contributed by atoms with Crippen LogP contribution in [0.15, 0.2) is 15.7 Å². The molecule has 2 rings (SSSR count). The molecule has 1 aliphatic rings. The molecule has 2 N–H and O–H groups in total. The third-order valence-corrected chi connectivity index (χ3v) is 6.95. The van der Waals surface area contributed by atoms with Crippen LogP contribution in [0.25, 0.3) is 0 Å². The molecule has 2 atom stereocenters. The first-order valence-electron chi connectivity index (χ1n) is 7.73. The van der Waals surface area contributed by atoms with Crippen LogP contribution in [0.3, 0.4) is 0 Å². The Morgan fingerprint density at radius 3 is 2.71 bits per heavy atom. The molecule has 21 heavy (non-hydrogen) atoms.